The van der Waals surface area contributed by atoms with Crippen LogP contribution in [0.15, 0.2) is 38.9 Å². The van der Waals surface area contributed by atoms with E-state index in [1.165, 1.54) is 17.4 Å². The summed E-state index contributed by atoms with van der Waals surface area (Å²) in [6, 6.07) is 6.77. The molecule has 2 heterocycles. The molecule has 3 rings (SSSR count). The lowest BCUT2D eigenvalue weighted by molar-refractivity contribution is 0.477. The molecule has 0 aliphatic heterocycles. The minimum absolute atomic E-state index is 0.376. The molecule has 6 heteroatoms. The van der Waals surface area contributed by atoms with E-state index in [1.807, 2.05) is 13.0 Å². The van der Waals surface area contributed by atoms with Crippen LogP contribution in [-0.4, -0.2) is 4.98 Å². The minimum Gasteiger partial charge on any atom is -0.431 e. The first-order valence-electron chi connectivity index (χ1n) is 5.45. The molecule has 0 bridgehead atoms. The fraction of sp³-hybridized carbons (Fsp3) is 0.0769. The number of benzene rings is 1. The third kappa shape index (κ3) is 2.47. The van der Waals surface area contributed by atoms with Crippen molar-refractivity contribution in [1.29, 1.82) is 0 Å². The van der Waals surface area contributed by atoms with Crippen molar-refractivity contribution in [3.05, 3.63) is 50.8 Å². The summed E-state index contributed by atoms with van der Waals surface area (Å²) in [5.74, 6) is 0.548. The molecule has 0 amide bonds. The Kier molecular flexibility index (Phi) is 3.00. The highest BCUT2D eigenvalue weighted by molar-refractivity contribution is 7.11. The molecule has 0 radical (unpaired) electrons. The van der Waals surface area contributed by atoms with E-state index in [4.69, 9.17) is 20.8 Å². The highest BCUT2D eigenvalue weighted by Crippen LogP contribution is 2.29. The number of hydrogen-bond acceptors (Lipinski definition) is 5. The molecule has 0 N–H and O–H groups in total. The highest BCUT2D eigenvalue weighted by atomic mass is 35.5. The van der Waals surface area contributed by atoms with Gasteiger partial charge in [0, 0.05) is 22.9 Å². The van der Waals surface area contributed by atoms with Crippen molar-refractivity contribution < 1.29 is 9.15 Å². The molecule has 0 aliphatic carbocycles. The van der Waals surface area contributed by atoms with Gasteiger partial charge in [0.1, 0.15) is 16.5 Å². The summed E-state index contributed by atoms with van der Waals surface area (Å²) < 4.78 is 10.7. The van der Waals surface area contributed by atoms with Crippen LogP contribution in [0.4, 0.5) is 0 Å². The second kappa shape index (κ2) is 4.68. The number of fused-ring (bicyclic) bond motifs is 1. The molecular weight excluding hydrogens is 286 g/mol. The molecule has 0 unspecified atom stereocenters. The molecule has 96 valence electrons. The Labute approximate surface area is 117 Å². The van der Waals surface area contributed by atoms with Crippen LogP contribution in [-0.2, 0) is 0 Å². The molecule has 0 atom stereocenters. The van der Waals surface area contributed by atoms with Crippen molar-refractivity contribution in [3.63, 3.8) is 0 Å². The average Bonchev–Trinajstić information content (AvgIpc) is 2.74. The lowest BCUT2D eigenvalue weighted by Gasteiger charge is -2.04. The van der Waals surface area contributed by atoms with Gasteiger partial charge in [-0.05, 0) is 24.6 Å². The molecule has 4 nitrogen and oxygen atoms in total. The van der Waals surface area contributed by atoms with Crippen LogP contribution < -0.4 is 10.4 Å². The Hall–Kier alpha value is -1.85. The van der Waals surface area contributed by atoms with Crippen LogP contribution in [0.5, 0.6) is 10.9 Å². The van der Waals surface area contributed by atoms with E-state index in [9.17, 15) is 4.79 Å². The second-order valence-corrected chi connectivity index (χ2v) is 5.15. The van der Waals surface area contributed by atoms with Crippen molar-refractivity contribution >= 4 is 33.9 Å². The predicted octanol–water partition coefficient (Wildman–Crippen LogP) is 4.00. The van der Waals surface area contributed by atoms with Gasteiger partial charge in [-0.3, -0.25) is 0 Å². The predicted molar refractivity (Wildman–Crippen MR) is 74.4 cm³/mol. The normalized spacial score (nSPS) is 10.8. The van der Waals surface area contributed by atoms with E-state index < -0.39 is 0 Å². The summed E-state index contributed by atoms with van der Waals surface area (Å²) in [6.07, 6.45) is 0. The van der Waals surface area contributed by atoms with Gasteiger partial charge in [0.2, 0.25) is 0 Å². The number of hydrogen-bond donors (Lipinski definition) is 0. The lowest BCUT2D eigenvalue weighted by atomic mass is 10.1. The minimum atomic E-state index is -0.376. The highest BCUT2D eigenvalue weighted by Gasteiger charge is 2.06. The van der Waals surface area contributed by atoms with Crippen molar-refractivity contribution in [3.8, 4) is 10.9 Å². The standard InChI is InChI=1S/C13H8ClNO3S/c1-7-4-12(16)18-10-5-8(2-3-9(7)10)17-13-15-11(14)6-19-13/h2-6H,1H3. The van der Waals surface area contributed by atoms with Crippen LogP contribution in [0, 0.1) is 6.92 Å². The van der Waals surface area contributed by atoms with Crippen molar-refractivity contribution in [2.24, 2.45) is 0 Å². The van der Waals surface area contributed by atoms with Gasteiger partial charge in [-0.2, -0.15) is 4.98 Å². The first-order valence-corrected chi connectivity index (χ1v) is 6.71. The van der Waals surface area contributed by atoms with E-state index in [0.29, 0.717) is 21.7 Å². The Morgan fingerprint density at radius 2 is 2.21 bits per heavy atom. The summed E-state index contributed by atoms with van der Waals surface area (Å²) in [5.41, 5.74) is 0.986. The summed E-state index contributed by atoms with van der Waals surface area (Å²) in [6.45, 7) is 1.86. The third-order valence-electron chi connectivity index (χ3n) is 2.58. The van der Waals surface area contributed by atoms with Gasteiger partial charge in [-0.25, -0.2) is 4.79 Å². The molecule has 3 aromatic rings. The van der Waals surface area contributed by atoms with Gasteiger partial charge in [0.05, 0.1) is 0 Å². The number of thiazole rings is 1. The van der Waals surface area contributed by atoms with E-state index in [0.717, 1.165) is 10.9 Å². The Balaban J connectivity index is 2.04. The Bertz CT molecular complexity index is 809. The first-order chi connectivity index (χ1) is 9.11. The van der Waals surface area contributed by atoms with Crippen molar-refractivity contribution in [1.82, 2.24) is 4.98 Å². The number of ether oxygens (including phenoxy) is 1. The van der Waals surface area contributed by atoms with Crippen LogP contribution in [0.3, 0.4) is 0 Å². The summed E-state index contributed by atoms with van der Waals surface area (Å²) in [7, 11) is 0. The van der Waals surface area contributed by atoms with Crippen LogP contribution >= 0.6 is 22.9 Å². The van der Waals surface area contributed by atoms with Gasteiger partial charge in [0.25, 0.3) is 5.19 Å². The molecule has 2 aromatic heterocycles. The fourth-order valence-corrected chi connectivity index (χ4v) is 2.56. The van der Waals surface area contributed by atoms with Crippen LogP contribution in [0.1, 0.15) is 5.56 Å². The smallest absolute Gasteiger partial charge is 0.336 e. The summed E-state index contributed by atoms with van der Waals surface area (Å²) >= 11 is 7.02. The molecule has 0 spiro atoms. The first kappa shape index (κ1) is 12.2. The summed E-state index contributed by atoms with van der Waals surface area (Å²) in [4.78, 5) is 15.3. The zero-order valence-corrected chi connectivity index (χ0v) is 11.4. The largest absolute Gasteiger partial charge is 0.431 e. The van der Waals surface area contributed by atoms with Crippen LogP contribution in [0.25, 0.3) is 11.0 Å². The fourth-order valence-electron chi connectivity index (χ4n) is 1.76. The zero-order chi connectivity index (χ0) is 13.4. The molecule has 0 saturated carbocycles. The topological polar surface area (TPSA) is 52.3 Å². The van der Waals surface area contributed by atoms with Crippen molar-refractivity contribution in [2.75, 3.05) is 0 Å². The van der Waals surface area contributed by atoms with Crippen LogP contribution in [0.2, 0.25) is 5.15 Å². The second-order valence-electron chi connectivity index (χ2n) is 3.94. The Morgan fingerprint density at radius 3 is 2.95 bits per heavy atom. The van der Waals surface area contributed by atoms with Gasteiger partial charge >= 0.3 is 5.63 Å². The van der Waals surface area contributed by atoms with Crippen molar-refractivity contribution in [2.45, 2.75) is 6.92 Å². The molecular formula is C13H8ClNO3S. The zero-order valence-electron chi connectivity index (χ0n) is 9.84. The van der Waals surface area contributed by atoms with E-state index in [2.05, 4.69) is 4.98 Å². The van der Waals surface area contributed by atoms with E-state index >= 15 is 0 Å². The maximum atomic E-state index is 11.3. The molecule has 0 fully saturated rings. The monoisotopic (exact) mass is 293 g/mol. The van der Waals surface area contributed by atoms with E-state index in [-0.39, 0.29) is 5.63 Å². The number of rotatable bonds is 2. The molecule has 0 aliphatic rings. The number of aryl methyl sites for hydroxylation is 1. The van der Waals surface area contributed by atoms with Gasteiger partial charge in [-0.15, -0.1) is 0 Å². The molecule has 1 aromatic carbocycles. The van der Waals surface area contributed by atoms with E-state index in [1.54, 1.807) is 17.5 Å². The molecule has 19 heavy (non-hydrogen) atoms. The van der Waals surface area contributed by atoms with Gasteiger partial charge in [0.15, 0.2) is 0 Å². The SMILES string of the molecule is Cc1cc(=O)oc2cc(Oc3nc(Cl)cs3)ccc12. The number of nitrogens with zero attached hydrogens (tertiary/aromatic N) is 1. The Morgan fingerprint density at radius 1 is 1.37 bits per heavy atom. The maximum absolute atomic E-state index is 11.3. The summed E-state index contributed by atoms with van der Waals surface area (Å²) in [5, 5.41) is 3.40. The van der Waals surface area contributed by atoms with Gasteiger partial charge in [-0.1, -0.05) is 22.9 Å². The number of halogens is 1. The maximum Gasteiger partial charge on any atom is 0.336 e. The van der Waals surface area contributed by atoms with Gasteiger partial charge < -0.3 is 9.15 Å². The third-order valence-corrected chi connectivity index (χ3v) is 3.62. The lowest BCUT2D eigenvalue weighted by Crippen LogP contribution is -1.97. The quantitative estimate of drug-likeness (QED) is 0.670. The molecule has 0 saturated heterocycles. The number of aromatic nitrogens is 1. The average molecular weight is 294 g/mol.